The number of benzene rings is 1. The number of carbonyl (C=O) groups excluding carboxylic acids is 2. The summed E-state index contributed by atoms with van der Waals surface area (Å²) in [4.78, 5) is 30.2. The molecule has 1 N–H and O–H groups in total. The molecule has 6 heteroatoms. The Morgan fingerprint density at radius 2 is 2.00 bits per heavy atom. The maximum atomic E-state index is 12.4. The molecule has 2 aliphatic heterocycles. The zero-order valence-electron chi connectivity index (χ0n) is 14.8. The van der Waals surface area contributed by atoms with E-state index in [0.717, 1.165) is 32.4 Å². The van der Waals surface area contributed by atoms with Gasteiger partial charge in [-0.15, -0.1) is 0 Å². The van der Waals surface area contributed by atoms with Gasteiger partial charge in [0, 0.05) is 31.7 Å². The van der Waals surface area contributed by atoms with Gasteiger partial charge in [0.2, 0.25) is 5.91 Å². The molecule has 1 aliphatic carbocycles. The van der Waals surface area contributed by atoms with Crippen LogP contribution < -0.4 is 5.32 Å². The molecule has 0 radical (unpaired) electrons. The van der Waals surface area contributed by atoms with Gasteiger partial charge in [-0.25, -0.2) is 4.79 Å². The Bertz CT molecular complexity index is 673. The van der Waals surface area contributed by atoms with E-state index < -0.39 is 0 Å². The molecule has 1 saturated carbocycles. The number of urea groups is 1. The van der Waals surface area contributed by atoms with E-state index in [-0.39, 0.29) is 24.5 Å². The fourth-order valence-electron chi connectivity index (χ4n) is 3.78. The maximum Gasteiger partial charge on any atom is 0.319 e. The SMILES string of the molecule is CC(CNC(=O)N1CC(=O)N(C2CC2)C1)N1CCc2ccccc2C1. The molecule has 6 nitrogen and oxygen atoms in total. The highest BCUT2D eigenvalue weighted by Crippen LogP contribution is 2.29. The predicted octanol–water partition coefficient (Wildman–Crippen LogP) is 1.41. The van der Waals surface area contributed by atoms with Crippen molar-refractivity contribution in [2.45, 2.75) is 44.8 Å². The minimum Gasteiger partial charge on any atom is -0.336 e. The van der Waals surface area contributed by atoms with E-state index in [0.29, 0.717) is 19.3 Å². The molecule has 134 valence electrons. The van der Waals surface area contributed by atoms with Gasteiger partial charge in [0.05, 0.1) is 6.67 Å². The van der Waals surface area contributed by atoms with Crippen molar-refractivity contribution in [1.82, 2.24) is 20.0 Å². The largest absolute Gasteiger partial charge is 0.336 e. The second-order valence-corrected chi connectivity index (χ2v) is 7.46. The second-order valence-electron chi connectivity index (χ2n) is 7.46. The number of fused-ring (bicyclic) bond motifs is 1. The van der Waals surface area contributed by atoms with Crippen LogP contribution in [-0.2, 0) is 17.8 Å². The Morgan fingerprint density at radius 1 is 1.24 bits per heavy atom. The lowest BCUT2D eigenvalue weighted by Gasteiger charge is -2.34. The van der Waals surface area contributed by atoms with Gasteiger partial charge in [-0.3, -0.25) is 14.6 Å². The molecular weight excluding hydrogens is 316 g/mol. The standard InChI is InChI=1S/C19H26N4O2/c1-14(21-9-8-15-4-2-3-5-16(15)11-21)10-20-19(25)22-12-18(24)23(13-22)17-6-7-17/h2-5,14,17H,6-13H2,1H3,(H,20,25). The molecule has 25 heavy (non-hydrogen) atoms. The van der Waals surface area contributed by atoms with Crippen molar-refractivity contribution in [1.29, 1.82) is 0 Å². The van der Waals surface area contributed by atoms with Crippen LogP contribution in [0.1, 0.15) is 30.9 Å². The summed E-state index contributed by atoms with van der Waals surface area (Å²) in [5, 5.41) is 3.01. The third-order valence-electron chi connectivity index (χ3n) is 5.58. The summed E-state index contributed by atoms with van der Waals surface area (Å²) in [5.41, 5.74) is 2.82. The molecule has 1 aromatic rings. The van der Waals surface area contributed by atoms with Crippen LogP contribution in [0.15, 0.2) is 24.3 Å². The summed E-state index contributed by atoms with van der Waals surface area (Å²) in [7, 11) is 0. The van der Waals surface area contributed by atoms with Crippen LogP contribution in [0.25, 0.3) is 0 Å². The molecule has 0 bridgehead atoms. The van der Waals surface area contributed by atoms with E-state index in [1.807, 2.05) is 4.90 Å². The van der Waals surface area contributed by atoms with Gasteiger partial charge < -0.3 is 10.2 Å². The van der Waals surface area contributed by atoms with E-state index in [9.17, 15) is 9.59 Å². The van der Waals surface area contributed by atoms with Gasteiger partial charge in [-0.1, -0.05) is 24.3 Å². The van der Waals surface area contributed by atoms with E-state index in [2.05, 4.69) is 41.4 Å². The number of amides is 3. The lowest BCUT2D eigenvalue weighted by molar-refractivity contribution is -0.127. The first-order valence-corrected chi connectivity index (χ1v) is 9.25. The predicted molar refractivity (Wildman–Crippen MR) is 94.9 cm³/mol. The summed E-state index contributed by atoms with van der Waals surface area (Å²) in [6.07, 6.45) is 3.22. The van der Waals surface area contributed by atoms with Crippen molar-refractivity contribution in [2.75, 3.05) is 26.3 Å². The molecule has 1 saturated heterocycles. The topological polar surface area (TPSA) is 55.9 Å². The third kappa shape index (κ3) is 3.49. The fourth-order valence-corrected chi connectivity index (χ4v) is 3.78. The second kappa shape index (κ2) is 6.67. The minimum absolute atomic E-state index is 0.0818. The van der Waals surface area contributed by atoms with Gasteiger partial charge >= 0.3 is 6.03 Å². The van der Waals surface area contributed by atoms with Crippen LogP contribution >= 0.6 is 0 Å². The van der Waals surface area contributed by atoms with Crippen LogP contribution in [0.2, 0.25) is 0 Å². The van der Waals surface area contributed by atoms with Crippen molar-refractivity contribution in [2.24, 2.45) is 0 Å². The number of nitrogens with one attached hydrogen (secondary N) is 1. The van der Waals surface area contributed by atoms with Gasteiger partial charge in [0.15, 0.2) is 0 Å². The van der Waals surface area contributed by atoms with Crippen LogP contribution in [0, 0.1) is 0 Å². The maximum absolute atomic E-state index is 12.4. The zero-order chi connectivity index (χ0) is 17.4. The number of nitrogens with zero attached hydrogens (tertiary/aromatic N) is 3. The van der Waals surface area contributed by atoms with Crippen LogP contribution in [0.3, 0.4) is 0 Å². The molecule has 0 aromatic heterocycles. The highest BCUT2D eigenvalue weighted by molar-refractivity contribution is 5.87. The number of hydrogen-bond acceptors (Lipinski definition) is 3. The highest BCUT2D eigenvalue weighted by atomic mass is 16.2. The van der Waals surface area contributed by atoms with Gasteiger partial charge in [0.1, 0.15) is 6.54 Å². The summed E-state index contributed by atoms with van der Waals surface area (Å²) in [5.74, 6) is 0.0818. The van der Waals surface area contributed by atoms with E-state index in [1.54, 1.807) is 4.90 Å². The average Bonchev–Trinajstić information content (AvgIpc) is 3.40. The summed E-state index contributed by atoms with van der Waals surface area (Å²) >= 11 is 0. The molecule has 3 amide bonds. The number of carbonyl (C=O) groups is 2. The number of rotatable bonds is 4. The first-order chi connectivity index (χ1) is 12.1. The summed E-state index contributed by atoms with van der Waals surface area (Å²) in [6.45, 7) is 5.38. The summed E-state index contributed by atoms with van der Waals surface area (Å²) < 4.78 is 0. The summed E-state index contributed by atoms with van der Waals surface area (Å²) in [6, 6.07) is 9.10. The minimum atomic E-state index is -0.124. The Hall–Kier alpha value is -2.08. The van der Waals surface area contributed by atoms with Crippen LogP contribution in [-0.4, -0.2) is 65.0 Å². The van der Waals surface area contributed by atoms with Crippen LogP contribution in [0.4, 0.5) is 4.79 Å². The van der Waals surface area contributed by atoms with Gasteiger partial charge in [-0.05, 0) is 37.3 Å². The Morgan fingerprint density at radius 3 is 2.76 bits per heavy atom. The number of hydrogen-bond donors (Lipinski definition) is 1. The molecule has 4 rings (SSSR count). The molecule has 1 atom stereocenters. The van der Waals surface area contributed by atoms with E-state index in [1.165, 1.54) is 11.1 Å². The third-order valence-corrected chi connectivity index (χ3v) is 5.58. The fraction of sp³-hybridized carbons (Fsp3) is 0.579. The van der Waals surface area contributed by atoms with Crippen molar-refractivity contribution in [3.8, 4) is 0 Å². The Balaban J connectivity index is 1.27. The van der Waals surface area contributed by atoms with Crippen LogP contribution in [0.5, 0.6) is 0 Å². The molecule has 0 spiro atoms. The quantitative estimate of drug-likeness (QED) is 0.900. The highest BCUT2D eigenvalue weighted by Gasteiger charge is 2.39. The lowest BCUT2D eigenvalue weighted by Crippen LogP contribution is -2.47. The lowest BCUT2D eigenvalue weighted by atomic mass is 9.99. The van der Waals surface area contributed by atoms with E-state index >= 15 is 0 Å². The molecule has 3 aliphatic rings. The smallest absolute Gasteiger partial charge is 0.319 e. The molecule has 1 unspecified atom stereocenters. The molecule has 2 heterocycles. The first-order valence-electron chi connectivity index (χ1n) is 9.25. The average molecular weight is 342 g/mol. The van der Waals surface area contributed by atoms with E-state index in [4.69, 9.17) is 0 Å². The Kier molecular flexibility index (Phi) is 4.37. The monoisotopic (exact) mass is 342 g/mol. The molecule has 2 fully saturated rings. The van der Waals surface area contributed by atoms with Crippen molar-refractivity contribution in [3.05, 3.63) is 35.4 Å². The molecule has 1 aromatic carbocycles. The van der Waals surface area contributed by atoms with Crippen molar-refractivity contribution >= 4 is 11.9 Å². The molecular formula is C19H26N4O2. The van der Waals surface area contributed by atoms with Crippen molar-refractivity contribution in [3.63, 3.8) is 0 Å². The first kappa shape index (κ1) is 16.4. The normalized spacial score (nSPS) is 22.0. The van der Waals surface area contributed by atoms with Gasteiger partial charge in [-0.2, -0.15) is 0 Å². The van der Waals surface area contributed by atoms with Gasteiger partial charge in [0.25, 0.3) is 0 Å². The zero-order valence-corrected chi connectivity index (χ0v) is 14.8. The van der Waals surface area contributed by atoms with Crippen molar-refractivity contribution < 1.29 is 9.59 Å². The Labute approximate surface area is 148 Å².